The second kappa shape index (κ2) is 11.6. The van der Waals surface area contributed by atoms with Crippen molar-refractivity contribution in [2.45, 2.75) is 24.9 Å². The number of guanidine groups is 1. The van der Waals surface area contributed by atoms with Crippen molar-refractivity contribution in [1.82, 2.24) is 0 Å². The van der Waals surface area contributed by atoms with Crippen LogP contribution in [-0.2, 0) is 9.59 Å². The highest BCUT2D eigenvalue weighted by Crippen LogP contribution is 1.94. The van der Waals surface area contributed by atoms with E-state index in [2.05, 4.69) is 17.6 Å². The molecule has 10 heteroatoms. The lowest BCUT2D eigenvalue weighted by molar-refractivity contribution is -0.139. The van der Waals surface area contributed by atoms with Crippen molar-refractivity contribution in [3.8, 4) is 0 Å². The quantitative estimate of drug-likeness (QED) is 0.119. The van der Waals surface area contributed by atoms with Crippen LogP contribution in [0.5, 0.6) is 0 Å². The number of rotatable bonds is 7. The van der Waals surface area contributed by atoms with Crippen molar-refractivity contribution in [1.29, 1.82) is 0 Å². The number of thiol groups is 1. The Balaban J connectivity index is 0. The number of carboxylic acids is 2. The maximum Gasteiger partial charge on any atom is 0.321 e. The zero-order chi connectivity index (χ0) is 15.4. The zero-order valence-corrected chi connectivity index (χ0v) is 11.3. The van der Waals surface area contributed by atoms with Gasteiger partial charge in [-0.05, 0) is 12.8 Å². The third-order valence-electron chi connectivity index (χ3n) is 1.80. The third kappa shape index (κ3) is 14.4. The Hall–Kier alpha value is -1.52. The summed E-state index contributed by atoms with van der Waals surface area (Å²) >= 11 is 3.65. The Labute approximate surface area is 116 Å². The van der Waals surface area contributed by atoms with E-state index in [1.165, 1.54) is 0 Å². The van der Waals surface area contributed by atoms with Gasteiger partial charge < -0.3 is 33.1 Å². The molecule has 0 aliphatic heterocycles. The molecule has 0 saturated heterocycles. The summed E-state index contributed by atoms with van der Waals surface area (Å²) in [5.74, 6) is -1.80. The first-order valence-electron chi connectivity index (χ1n) is 5.35. The van der Waals surface area contributed by atoms with E-state index in [-0.39, 0.29) is 11.7 Å². The minimum atomic E-state index is -1.00. The van der Waals surface area contributed by atoms with Crippen molar-refractivity contribution < 1.29 is 19.8 Å². The normalized spacial score (nSPS) is 12.6. The van der Waals surface area contributed by atoms with Crippen LogP contribution in [0, 0.1) is 0 Å². The van der Waals surface area contributed by atoms with Gasteiger partial charge in [0.25, 0.3) is 0 Å². The van der Waals surface area contributed by atoms with Crippen LogP contribution in [-0.4, -0.2) is 52.5 Å². The molecule has 9 nitrogen and oxygen atoms in total. The van der Waals surface area contributed by atoms with Crippen molar-refractivity contribution in [3.63, 3.8) is 0 Å². The van der Waals surface area contributed by atoms with Crippen molar-refractivity contribution in [3.05, 3.63) is 0 Å². The molecule has 0 fully saturated rings. The molecule has 0 radical (unpaired) electrons. The van der Waals surface area contributed by atoms with Crippen molar-refractivity contribution in [2.24, 2.45) is 27.9 Å². The molecule has 0 heterocycles. The van der Waals surface area contributed by atoms with Crippen LogP contribution in [0.1, 0.15) is 12.8 Å². The van der Waals surface area contributed by atoms with Crippen LogP contribution in [0.2, 0.25) is 0 Å². The van der Waals surface area contributed by atoms with Crippen LogP contribution in [0.3, 0.4) is 0 Å². The van der Waals surface area contributed by atoms with E-state index in [1.54, 1.807) is 0 Å². The van der Waals surface area contributed by atoms with E-state index in [9.17, 15) is 9.59 Å². The molecular weight excluding hydrogens is 274 g/mol. The summed E-state index contributed by atoms with van der Waals surface area (Å²) in [6.07, 6.45) is 0.956. The van der Waals surface area contributed by atoms with E-state index in [1.807, 2.05) is 0 Å². The van der Waals surface area contributed by atoms with Gasteiger partial charge in [-0.3, -0.25) is 14.6 Å². The molecule has 0 bridgehead atoms. The highest BCUT2D eigenvalue weighted by atomic mass is 32.1. The summed E-state index contributed by atoms with van der Waals surface area (Å²) in [6, 6.07) is -1.64. The van der Waals surface area contributed by atoms with Gasteiger partial charge in [-0.25, -0.2) is 0 Å². The average Bonchev–Trinajstić information content (AvgIpc) is 2.33. The predicted molar refractivity (Wildman–Crippen MR) is 75.0 cm³/mol. The molecule has 0 aliphatic rings. The molecule has 0 spiro atoms. The van der Waals surface area contributed by atoms with Gasteiger partial charge >= 0.3 is 11.9 Å². The SMILES string of the molecule is NC(CS)C(=O)O.NC(N)=NCCCC(N)C(=O)O. The van der Waals surface area contributed by atoms with Crippen LogP contribution < -0.4 is 22.9 Å². The highest BCUT2D eigenvalue weighted by Gasteiger charge is 2.09. The molecular formula is C9H21N5O4S. The lowest BCUT2D eigenvalue weighted by Crippen LogP contribution is -2.31. The largest absolute Gasteiger partial charge is 0.480 e. The molecule has 2 unspecified atom stereocenters. The monoisotopic (exact) mass is 295 g/mol. The topological polar surface area (TPSA) is 191 Å². The standard InChI is InChI=1S/C6H14N4O2.C3H7NO2S/c7-4(5(11)12)2-1-3-10-6(8)9;4-2(1-7)3(5)6/h4H,1-3,7H2,(H,11,12)(H4,8,9,10);2,7H,1,4H2,(H,5,6). The van der Waals surface area contributed by atoms with Crippen LogP contribution in [0.25, 0.3) is 0 Å². The van der Waals surface area contributed by atoms with Gasteiger partial charge in [0.15, 0.2) is 5.96 Å². The molecule has 0 aromatic rings. The number of nitrogens with zero attached hydrogens (tertiary/aromatic N) is 1. The number of carboxylic acid groups (broad SMARTS) is 2. The fraction of sp³-hybridized carbons (Fsp3) is 0.667. The first kappa shape index (κ1) is 19.8. The number of carbonyl (C=O) groups is 2. The molecule has 0 rings (SSSR count). The molecule has 10 N–H and O–H groups in total. The second-order valence-electron chi connectivity index (χ2n) is 3.52. The first-order valence-corrected chi connectivity index (χ1v) is 5.98. The Morgan fingerprint density at radius 2 is 1.58 bits per heavy atom. The average molecular weight is 295 g/mol. The summed E-state index contributed by atoms with van der Waals surface area (Å²) in [6.45, 7) is 0.420. The summed E-state index contributed by atoms with van der Waals surface area (Å²) in [5, 5.41) is 16.4. The van der Waals surface area contributed by atoms with Gasteiger partial charge in [-0.1, -0.05) is 0 Å². The number of nitrogens with two attached hydrogens (primary N) is 4. The van der Waals surface area contributed by atoms with Gasteiger partial charge in [0.2, 0.25) is 0 Å². The van der Waals surface area contributed by atoms with E-state index in [0.717, 1.165) is 0 Å². The Kier molecular flexibility index (Phi) is 12.1. The maximum absolute atomic E-state index is 10.2. The van der Waals surface area contributed by atoms with E-state index in [0.29, 0.717) is 19.4 Å². The molecule has 0 saturated carbocycles. The fourth-order valence-electron chi connectivity index (χ4n) is 0.721. The van der Waals surface area contributed by atoms with Gasteiger partial charge in [-0.15, -0.1) is 0 Å². The summed E-state index contributed by atoms with van der Waals surface area (Å²) in [7, 11) is 0. The maximum atomic E-state index is 10.2. The molecule has 0 amide bonds. The minimum absolute atomic E-state index is 0.0129. The number of aliphatic imine (C=N–C) groups is 1. The molecule has 0 aliphatic carbocycles. The Morgan fingerprint density at radius 3 is 1.84 bits per heavy atom. The molecule has 2 atom stereocenters. The lowest BCUT2D eigenvalue weighted by atomic mass is 10.2. The number of aliphatic carboxylic acids is 2. The second-order valence-corrected chi connectivity index (χ2v) is 3.89. The summed E-state index contributed by atoms with van der Waals surface area (Å²) in [5.41, 5.74) is 20.3. The van der Waals surface area contributed by atoms with E-state index < -0.39 is 24.0 Å². The molecule has 112 valence electrons. The summed E-state index contributed by atoms with van der Waals surface area (Å²) < 4.78 is 0. The minimum Gasteiger partial charge on any atom is -0.480 e. The van der Waals surface area contributed by atoms with Gasteiger partial charge in [-0.2, -0.15) is 12.6 Å². The lowest BCUT2D eigenvalue weighted by Gasteiger charge is -2.03. The van der Waals surface area contributed by atoms with Crippen LogP contribution in [0.15, 0.2) is 4.99 Å². The third-order valence-corrected chi connectivity index (χ3v) is 2.19. The fourth-order valence-corrected chi connectivity index (χ4v) is 0.877. The van der Waals surface area contributed by atoms with E-state index in [4.69, 9.17) is 33.1 Å². The predicted octanol–water partition coefficient (Wildman–Crippen LogP) is -2.22. The summed E-state index contributed by atoms with van der Waals surface area (Å²) in [4.78, 5) is 23.7. The van der Waals surface area contributed by atoms with Crippen molar-refractivity contribution in [2.75, 3.05) is 12.3 Å². The first-order chi connectivity index (χ1) is 8.72. The number of hydrogen-bond acceptors (Lipinski definition) is 6. The zero-order valence-electron chi connectivity index (χ0n) is 10.4. The highest BCUT2D eigenvalue weighted by molar-refractivity contribution is 7.80. The Bertz CT molecular complexity index is 309. The molecule has 0 aromatic carbocycles. The van der Waals surface area contributed by atoms with Crippen LogP contribution in [0.4, 0.5) is 0 Å². The van der Waals surface area contributed by atoms with Crippen LogP contribution >= 0.6 is 12.6 Å². The number of hydrogen-bond donors (Lipinski definition) is 7. The van der Waals surface area contributed by atoms with Gasteiger partial charge in [0, 0.05) is 12.3 Å². The van der Waals surface area contributed by atoms with E-state index >= 15 is 0 Å². The molecule has 19 heavy (non-hydrogen) atoms. The molecule has 0 aromatic heterocycles. The van der Waals surface area contributed by atoms with Gasteiger partial charge in [0.05, 0.1) is 0 Å². The Morgan fingerprint density at radius 1 is 1.11 bits per heavy atom. The smallest absolute Gasteiger partial charge is 0.321 e. The van der Waals surface area contributed by atoms with Gasteiger partial charge in [0.1, 0.15) is 12.1 Å². The van der Waals surface area contributed by atoms with Crippen molar-refractivity contribution >= 4 is 30.5 Å².